The number of nitrogens with zero attached hydrogens (tertiary/aromatic N) is 1. The lowest BCUT2D eigenvalue weighted by Gasteiger charge is -2.34. The second-order valence-corrected chi connectivity index (χ2v) is 5.73. The maximum Gasteiger partial charge on any atom is 0.150 e. The zero-order chi connectivity index (χ0) is 14.5. The molecule has 1 heterocycles. The first-order chi connectivity index (χ1) is 10.3. The molecule has 1 unspecified atom stereocenters. The highest BCUT2D eigenvalue weighted by molar-refractivity contribution is 5.85. The predicted molar refractivity (Wildman–Crippen MR) is 85.0 cm³/mol. The van der Waals surface area contributed by atoms with Gasteiger partial charge in [0.15, 0.2) is 0 Å². The van der Waals surface area contributed by atoms with Crippen LogP contribution in [0.3, 0.4) is 0 Å². The number of Topliss-reactive ketones (excluding diaryl/α,β-unsaturated/α-hetero) is 1. The molecular formula is C19H21NO. The summed E-state index contributed by atoms with van der Waals surface area (Å²) >= 11 is 0. The zero-order valence-corrected chi connectivity index (χ0v) is 12.2. The molecule has 1 saturated heterocycles. The highest BCUT2D eigenvalue weighted by Crippen LogP contribution is 2.20. The molecule has 0 N–H and O–H groups in total. The van der Waals surface area contributed by atoms with Crippen molar-refractivity contribution in [2.75, 3.05) is 6.54 Å². The predicted octanol–water partition coefficient (Wildman–Crippen LogP) is 3.46. The van der Waals surface area contributed by atoms with Gasteiger partial charge in [0.2, 0.25) is 0 Å². The third-order valence-corrected chi connectivity index (χ3v) is 4.18. The van der Waals surface area contributed by atoms with Crippen LogP contribution in [0.5, 0.6) is 0 Å². The lowest BCUT2D eigenvalue weighted by atomic mass is 9.94. The minimum Gasteiger partial charge on any atom is -0.298 e. The highest BCUT2D eigenvalue weighted by Gasteiger charge is 2.29. The number of piperidine rings is 1. The molecule has 2 heteroatoms. The van der Waals surface area contributed by atoms with Gasteiger partial charge in [-0.1, -0.05) is 60.7 Å². The van der Waals surface area contributed by atoms with Gasteiger partial charge >= 0.3 is 0 Å². The maximum absolute atomic E-state index is 12.4. The Morgan fingerprint density at radius 2 is 1.52 bits per heavy atom. The van der Waals surface area contributed by atoms with Gasteiger partial charge in [0, 0.05) is 13.0 Å². The highest BCUT2D eigenvalue weighted by atomic mass is 16.1. The van der Waals surface area contributed by atoms with E-state index in [2.05, 4.69) is 41.3 Å². The average molecular weight is 279 g/mol. The summed E-state index contributed by atoms with van der Waals surface area (Å²) in [4.78, 5) is 14.7. The van der Waals surface area contributed by atoms with Gasteiger partial charge in [0.25, 0.3) is 0 Å². The van der Waals surface area contributed by atoms with Gasteiger partial charge in [-0.15, -0.1) is 0 Å². The molecule has 2 aromatic rings. The summed E-state index contributed by atoms with van der Waals surface area (Å²) in [5, 5.41) is 0. The Balaban J connectivity index is 1.75. The van der Waals surface area contributed by atoms with Crippen LogP contribution in [0, 0.1) is 0 Å². The average Bonchev–Trinajstić information content (AvgIpc) is 2.53. The fourth-order valence-electron chi connectivity index (χ4n) is 3.07. The molecule has 1 aliphatic rings. The molecular weight excluding hydrogens is 258 g/mol. The standard InChI is InChI=1S/C19H21NO/c21-19-12-7-13-20(15-17-10-5-2-6-11-17)18(19)14-16-8-3-1-4-9-16/h1-6,8-11,18H,7,12-15H2. The monoisotopic (exact) mass is 279 g/mol. The molecule has 21 heavy (non-hydrogen) atoms. The Kier molecular flexibility index (Phi) is 4.46. The lowest BCUT2D eigenvalue weighted by molar-refractivity contribution is -0.127. The lowest BCUT2D eigenvalue weighted by Crippen LogP contribution is -2.46. The van der Waals surface area contributed by atoms with Crippen LogP contribution >= 0.6 is 0 Å². The quantitative estimate of drug-likeness (QED) is 0.854. The van der Waals surface area contributed by atoms with Crippen LogP contribution in [0.4, 0.5) is 0 Å². The number of hydrogen-bond acceptors (Lipinski definition) is 2. The molecule has 108 valence electrons. The van der Waals surface area contributed by atoms with E-state index in [1.54, 1.807) is 0 Å². The fourth-order valence-corrected chi connectivity index (χ4v) is 3.07. The van der Waals surface area contributed by atoms with Crippen LogP contribution in [-0.2, 0) is 17.8 Å². The van der Waals surface area contributed by atoms with Gasteiger partial charge in [-0.3, -0.25) is 9.69 Å². The number of hydrogen-bond donors (Lipinski definition) is 0. The topological polar surface area (TPSA) is 20.3 Å². The molecule has 2 aromatic carbocycles. The number of rotatable bonds is 4. The molecule has 0 bridgehead atoms. The van der Waals surface area contributed by atoms with E-state index >= 15 is 0 Å². The van der Waals surface area contributed by atoms with Crippen molar-refractivity contribution < 1.29 is 4.79 Å². The van der Waals surface area contributed by atoms with Gasteiger partial charge in [0.05, 0.1) is 6.04 Å². The van der Waals surface area contributed by atoms with E-state index in [4.69, 9.17) is 0 Å². The summed E-state index contributed by atoms with van der Waals surface area (Å²) in [6, 6.07) is 20.8. The van der Waals surface area contributed by atoms with Crippen LogP contribution in [0.2, 0.25) is 0 Å². The van der Waals surface area contributed by atoms with Crippen molar-refractivity contribution in [2.45, 2.75) is 31.8 Å². The third kappa shape index (κ3) is 3.59. The van der Waals surface area contributed by atoms with Crippen molar-refractivity contribution in [1.29, 1.82) is 0 Å². The summed E-state index contributed by atoms with van der Waals surface area (Å²) in [6.07, 6.45) is 2.53. The molecule has 0 spiro atoms. The second kappa shape index (κ2) is 6.68. The van der Waals surface area contributed by atoms with Crippen molar-refractivity contribution in [3.8, 4) is 0 Å². The Morgan fingerprint density at radius 3 is 2.19 bits per heavy atom. The van der Waals surface area contributed by atoms with Crippen LogP contribution in [-0.4, -0.2) is 23.3 Å². The molecule has 0 aromatic heterocycles. The van der Waals surface area contributed by atoms with E-state index in [0.717, 1.165) is 32.4 Å². The third-order valence-electron chi connectivity index (χ3n) is 4.18. The van der Waals surface area contributed by atoms with Gasteiger partial charge in [0.1, 0.15) is 5.78 Å². The van der Waals surface area contributed by atoms with Crippen LogP contribution in [0.15, 0.2) is 60.7 Å². The summed E-state index contributed by atoms with van der Waals surface area (Å²) in [6.45, 7) is 1.88. The van der Waals surface area contributed by atoms with E-state index in [0.29, 0.717) is 5.78 Å². The molecule has 1 fully saturated rings. The Bertz CT molecular complexity index is 579. The molecule has 1 aliphatic heterocycles. The van der Waals surface area contributed by atoms with E-state index in [1.165, 1.54) is 11.1 Å². The van der Waals surface area contributed by atoms with Crippen LogP contribution in [0.25, 0.3) is 0 Å². The molecule has 0 saturated carbocycles. The van der Waals surface area contributed by atoms with Gasteiger partial charge < -0.3 is 0 Å². The summed E-state index contributed by atoms with van der Waals surface area (Å²) in [5.41, 5.74) is 2.53. The number of ketones is 1. The second-order valence-electron chi connectivity index (χ2n) is 5.73. The van der Waals surface area contributed by atoms with E-state index < -0.39 is 0 Å². The smallest absolute Gasteiger partial charge is 0.150 e. The Labute approximate surface area is 126 Å². The first-order valence-corrected chi connectivity index (χ1v) is 7.67. The van der Waals surface area contributed by atoms with Crippen molar-refractivity contribution >= 4 is 5.78 Å². The zero-order valence-electron chi connectivity index (χ0n) is 12.2. The minimum atomic E-state index is 0.0290. The molecule has 0 amide bonds. The minimum absolute atomic E-state index is 0.0290. The van der Waals surface area contributed by atoms with E-state index in [9.17, 15) is 4.79 Å². The summed E-state index contributed by atoms with van der Waals surface area (Å²) in [7, 11) is 0. The normalized spacial score (nSPS) is 19.6. The van der Waals surface area contributed by atoms with E-state index in [-0.39, 0.29) is 6.04 Å². The molecule has 1 atom stereocenters. The van der Waals surface area contributed by atoms with Crippen LogP contribution < -0.4 is 0 Å². The number of carbonyl (C=O) groups is 1. The molecule has 2 nitrogen and oxygen atoms in total. The van der Waals surface area contributed by atoms with Crippen molar-refractivity contribution in [1.82, 2.24) is 4.90 Å². The molecule has 3 rings (SSSR count). The van der Waals surface area contributed by atoms with E-state index in [1.807, 2.05) is 24.3 Å². The fraction of sp³-hybridized carbons (Fsp3) is 0.316. The number of carbonyl (C=O) groups excluding carboxylic acids is 1. The summed E-state index contributed by atoms with van der Waals surface area (Å²) < 4.78 is 0. The largest absolute Gasteiger partial charge is 0.298 e. The first-order valence-electron chi connectivity index (χ1n) is 7.67. The van der Waals surface area contributed by atoms with Crippen molar-refractivity contribution in [3.63, 3.8) is 0 Å². The Morgan fingerprint density at radius 1 is 0.905 bits per heavy atom. The van der Waals surface area contributed by atoms with Gasteiger partial charge in [-0.2, -0.15) is 0 Å². The summed E-state index contributed by atoms with van der Waals surface area (Å²) in [5.74, 6) is 0.390. The number of likely N-dealkylation sites (tertiary alicyclic amines) is 1. The Hall–Kier alpha value is -1.93. The SMILES string of the molecule is O=C1CCCN(Cc2ccccc2)C1Cc1ccccc1. The molecule has 0 aliphatic carbocycles. The van der Waals surface area contributed by atoms with Crippen molar-refractivity contribution in [3.05, 3.63) is 71.8 Å². The van der Waals surface area contributed by atoms with Gasteiger partial charge in [-0.25, -0.2) is 0 Å². The first kappa shape index (κ1) is 14.0. The van der Waals surface area contributed by atoms with Crippen LogP contribution in [0.1, 0.15) is 24.0 Å². The number of benzene rings is 2. The molecule has 0 radical (unpaired) electrons. The van der Waals surface area contributed by atoms with Gasteiger partial charge in [-0.05, 0) is 30.5 Å². The maximum atomic E-state index is 12.4. The van der Waals surface area contributed by atoms with Crippen molar-refractivity contribution in [2.24, 2.45) is 0 Å².